The number of H-pyrrole nitrogens is 1. The monoisotopic (exact) mass is 299 g/mol. The number of aromatic nitrogens is 2. The summed E-state index contributed by atoms with van der Waals surface area (Å²) in [6.45, 7) is 0. The Labute approximate surface area is 118 Å². The third-order valence-electron chi connectivity index (χ3n) is 3.87. The number of hydrogen-bond acceptors (Lipinski definition) is 6. The van der Waals surface area contributed by atoms with Crippen molar-refractivity contribution in [2.75, 3.05) is 0 Å². The molecule has 1 aromatic rings. The molecule has 1 aliphatic carbocycles. The maximum absolute atomic E-state index is 11.7. The van der Waals surface area contributed by atoms with Crippen LogP contribution in [-0.2, 0) is 4.79 Å². The lowest BCUT2D eigenvalue weighted by atomic mass is 9.94. The van der Waals surface area contributed by atoms with Crippen molar-refractivity contribution in [1.82, 2.24) is 9.55 Å². The van der Waals surface area contributed by atoms with E-state index in [0.29, 0.717) is 0 Å². The van der Waals surface area contributed by atoms with Crippen molar-refractivity contribution < 1.29 is 20.1 Å². The van der Waals surface area contributed by atoms with E-state index >= 15 is 0 Å². The number of aliphatic hydroxyl groups excluding tert-OH is 2. The molecular weight excluding hydrogens is 282 g/mol. The molecular formula is C12H17N3O6. The lowest BCUT2D eigenvalue weighted by Gasteiger charge is -2.21. The molecule has 1 saturated carbocycles. The largest absolute Gasteiger partial charge is 0.481 e. The summed E-state index contributed by atoms with van der Waals surface area (Å²) in [6, 6.07) is -0.477. The molecule has 1 aromatic heterocycles. The Morgan fingerprint density at radius 2 is 2.10 bits per heavy atom. The molecule has 0 amide bonds. The van der Waals surface area contributed by atoms with Crippen LogP contribution in [0.4, 0.5) is 0 Å². The summed E-state index contributed by atoms with van der Waals surface area (Å²) in [6.07, 6.45) is -1.47. The number of aliphatic hydroxyl groups is 2. The van der Waals surface area contributed by atoms with Crippen molar-refractivity contribution in [1.29, 1.82) is 0 Å². The first-order chi connectivity index (χ1) is 9.81. The molecule has 116 valence electrons. The zero-order chi connectivity index (χ0) is 15.7. The lowest BCUT2D eigenvalue weighted by molar-refractivity contribution is -0.137. The van der Waals surface area contributed by atoms with Crippen LogP contribution in [0.3, 0.4) is 0 Å². The van der Waals surface area contributed by atoms with Gasteiger partial charge in [0.2, 0.25) is 0 Å². The van der Waals surface area contributed by atoms with E-state index in [1.807, 2.05) is 0 Å². The maximum atomic E-state index is 11.7. The Morgan fingerprint density at radius 1 is 1.43 bits per heavy atom. The van der Waals surface area contributed by atoms with Crippen LogP contribution in [0, 0.1) is 5.92 Å². The van der Waals surface area contributed by atoms with Gasteiger partial charge in [0, 0.05) is 24.2 Å². The van der Waals surface area contributed by atoms with Gasteiger partial charge in [-0.15, -0.1) is 0 Å². The number of aliphatic carboxylic acids is 1. The summed E-state index contributed by atoms with van der Waals surface area (Å²) in [4.78, 5) is 35.5. The zero-order valence-corrected chi connectivity index (χ0v) is 11.0. The predicted octanol–water partition coefficient (Wildman–Crippen LogP) is -2.38. The van der Waals surface area contributed by atoms with Crippen LogP contribution < -0.4 is 17.0 Å². The Hall–Kier alpha value is -1.97. The molecule has 0 unspecified atom stereocenters. The Balaban J connectivity index is 2.25. The molecule has 1 fully saturated rings. The Morgan fingerprint density at radius 3 is 2.67 bits per heavy atom. The highest BCUT2D eigenvalue weighted by Crippen LogP contribution is 2.36. The molecule has 0 bridgehead atoms. The maximum Gasteiger partial charge on any atom is 0.328 e. The number of carbonyl (C=O) groups is 1. The number of hydrogen-bond donors (Lipinski definition) is 5. The molecule has 9 nitrogen and oxygen atoms in total. The molecule has 0 aromatic carbocycles. The van der Waals surface area contributed by atoms with Crippen molar-refractivity contribution >= 4 is 5.97 Å². The fourth-order valence-corrected chi connectivity index (χ4v) is 2.79. The third kappa shape index (κ3) is 3.04. The molecule has 9 heteroatoms. The van der Waals surface area contributed by atoms with Gasteiger partial charge in [-0.2, -0.15) is 0 Å². The summed E-state index contributed by atoms with van der Waals surface area (Å²) >= 11 is 0. The number of rotatable bonds is 4. The van der Waals surface area contributed by atoms with Gasteiger partial charge in [-0.05, 0) is 6.42 Å². The van der Waals surface area contributed by atoms with E-state index in [1.54, 1.807) is 0 Å². The van der Waals surface area contributed by atoms with Gasteiger partial charge in [0.1, 0.15) is 6.10 Å². The molecule has 5 atom stereocenters. The van der Waals surface area contributed by atoms with Crippen LogP contribution in [0.25, 0.3) is 0 Å². The normalized spacial score (nSPS) is 30.2. The molecule has 0 radical (unpaired) electrons. The molecule has 0 saturated heterocycles. The first-order valence-electron chi connectivity index (χ1n) is 6.46. The predicted molar refractivity (Wildman–Crippen MR) is 70.7 cm³/mol. The first-order valence-corrected chi connectivity index (χ1v) is 6.46. The van der Waals surface area contributed by atoms with E-state index in [9.17, 15) is 24.6 Å². The van der Waals surface area contributed by atoms with E-state index < -0.39 is 47.4 Å². The molecule has 21 heavy (non-hydrogen) atoms. The average molecular weight is 299 g/mol. The summed E-state index contributed by atoms with van der Waals surface area (Å²) in [5.74, 6) is -1.76. The Bertz CT molecular complexity index is 638. The van der Waals surface area contributed by atoms with Crippen LogP contribution in [-0.4, -0.2) is 49.1 Å². The second kappa shape index (κ2) is 5.80. The minimum absolute atomic E-state index is 0.142. The van der Waals surface area contributed by atoms with E-state index in [0.717, 1.165) is 10.6 Å². The van der Waals surface area contributed by atoms with E-state index in [1.165, 1.54) is 6.20 Å². The third-order valence-corrected chi connectivity index (χ3v) is 3.87. The fourth-order valence-electron chi connectivity index (χ4n) is 2.79. The highest BCUT2D eigenvalue weighted by Gasteiger charge is 2.45. The Kier molecular flexibility index (Phi) is 4.26. The van der Waals surface area contributed by atoms with Crippen molar-refractivity contribution in [2.24, 2.45) is 11.7 Å². The van der Waals surface area contributed by atoms with Crippen LogP contribution in [0.2, 0.25) is 0 Å². The van der Waals surface area contributed by atoms with Gasteiger partial charge in [-0.1, -0.05) is 0 Å². The summed E-state index contributed by atoms with van der Waals surface area (Å²) in [5.41, 5.74) is 4.47. The van der Waals surface area contributed by atoms with Gasteiger partial charge in [-0.25, -0.2) is 4.79 Å². The molecule has 0 aliphatic heterocycles. The highest BCUT2D eigenvalue weighted by atomic mass is 16.4. The first kappa shape index (κ1) is 15.4. The van der Waals surface area contributed by atoms with Crippen LogP contribution >= 0.6 is 0 Å². The van der Waals surface area contributed by atoms with Crippen LogP contribution in [0.1, 0.15) is 18.9 Å². The zero-order valence-electron chi connectivity index (χ0n) is 11.0. The van der Waals surface area contributed by atoms with Gasteiger partial charge < -0.3 is 21.1 Å². The van der Waals surface area contributed by atoms with E-state index in [-0.39, 0.29) is 12.8 Å². The quantitative estimate of drug-likeness (QED) is 0.415. The van der Waals surface area contributed by atoms with Gasteiger partial charge in [0.25, 0.3) is 5.56 Å². The van der Waals surface area contributed by atoms with E-state index in [4.69, 9.17) is 10.8 Å². The summed E-state index contributed by atoms with van der Waals surface area (Å²) in [5, 5.41) is 28.8. The van der Waals surface area contributed by atoms with Crippen LogP contribution in [0.15, 0.2) is 21.9 Å². The number of nitrogens with two attached hydrogens (primary N) is 1. The fraction of sp³-hybridized carbons (Fsp3) is 0.583. The number of nitrogens with zero attached hydrogens (tertiary/aromatic N) is 1. The number of carboxylic acids is 1. The summed E-state index contributed by atoms with van der Waals surface area (Å²) < 4.78 is 1.11. The van der Waals surface area contributed by atoms with Crippen molar-refractivity contribution in [2.45, 2.75) is 37.1 Å². The van der Waals surface area contributed by atoms with Crippen molar-refractivity contribution in [3.63, 3.8) is 0 Å². The number of carboxylic acid groups (broad SMARTS) is 1. The molecule has 0 spiro atoms. The van der Waals surface area contributed by atoms with Gasteiger partial charge in [0.05, 0.1) is 18.6 Å². The van der Waals surface area contributed by atoms with Gasteiger partial charge in [-0.3, -0.25) is 19.1 Å². The molecule has 1 heterocycles. The number of aromatic amines is 1. The number of nitrogens with one attached hydrogen (secondary N) is 1. The SMILES string of the molecule is N[C@@H](CC(=O)O)[C@H]1C[C@@H](n2ccc(=O)[nH]c2=O)[C@H](O)[C@@H]1O. The smallest absolute Gasteiger partial charge is 0.328 e. The lowest BCUT2D eigenvalue weighted by Crippen LogP contribution is -2.40. The second-order valence-corrected chi connectivity index (χ2v) is 5.23. The van der Waals surface area contributed by atoms with Crippen LogP contribution in [0.5, 0.6) is 0 Å². The average Bonchev–Trinajstić information content (AvgIpc) is 2.66. The second-order valence-electron chi connectivity index (χ2n) is 5.23. The van der Waals surface area contributed by atoms with Crippen molar-refractivity contribution in [3.8, 4) is 0 Å². The molecule has 6 N–H and O–H groups in total. The molecule has 2 rings (SSSR count). The topological polar surface area (TPSA) is 159 Å². The van der Waals surface area contributed by atoms with Crippen molar-refractivity contribution in [3.05, 3.63) is 33.1 Å². The van der Waals surface area contributed by atoms with Gasteiger partial charge in [0.15, 0.2) is 0 Å². The molecule has 1 aliphatic rings. The minimum Gasteiger partial charge on any atom is -0.481 e. The summed E-state index contributed by atoms with van der Waals surface area (Å²) in [7, 11) is 0. The standard InChI is InChI=1S/C12H17N3O6/c13-6(4-9(17)18)5-3-7(11(20)10(5)19)15-2-1-8(16)14-12(15)21/h1-2,5-7,10-11,19-20H,3-4,13H2,(H,17,18)(H,14,16,21)/t5-,6+,7-,10-,11+/m1/s1. The van der Waals surface area contributed by atoms with Gasteiger partial charge >= 0.3 is 11.7 Å². The highest BCUT2D eigenvalue weighted by molar-refractivity contribution is 5.67. The van der Waals surface area contributed by atoms with E-state index in [2.05, 4.69) is 4.98 Å². The minimum atomic E-state index is -1.27.